The molecular weight excluding hydrogens is 422 g/mol. The lowest BCUT2D eigenvalue weighted by Gasteiger charge is -2.26. The van der Waals surface area contributed by atoms with Crippen molar-refractivity contribution in [1.29, 1.82) is 0 Å². The minimum absolute atomic E-state index is 0. The lowest BCUT2D eigenvalue weighted by Crippen LogP contribution is -2.38. The van der Waals surface area contributed by atoms with Crippen LogP contribution in [0.4, 0.5) is 0 Å². The summed E-state index contributed by atoms with van der Waals surface area (Å²) in [5, 5.41) is 0. The van der Waals surface area contributed by atoms with Gasteiger partial charge in [-0.05, 0) is 23.8 Å². The highest BCUT2D eigenvalue weighted by molar-refractivity contribution is 7.99. The van der Waals surface area contributed by atoms with E-state index in [-0.39, 0.29) is 12.4 Å². The molecule has 1 aromatic heterocycles. The lowest BCUT2D eigenvalue weighted by atomic mass is 10.0. The number of morpholine rings is 1. The van der Waals surface area contributed by atoms with Gasteiger partial charge in [0.25, 0.3) is 0 Å². The molecule has 2 aromatic carbocycles. The van der Waals surface area contributed by atoms with Crippen molar-refractivity contribution in [2.45, 2.75) is 16.4 Å². The van der Waals surface area contributed by atoms with Crippen LogP contribution in [0.1, 0.15) is 4.88 Å². The molecule has 0 bridgehead atoms. The Morgan fingerprint density at radius 3 is 2.38 bits per heavy atom. The number of nitrogens with zero attached hydrogens (tertiary/aromatic N) is 1. The number of halogens is 1. The molecule has 3 aromatic rings. The van der Waals surface area contributed by atoms with Gasteiger partial charge < -0.3 is 9.47 Å². The molecule has 152 valence electrons. The second-order valence-corrected chi connectivity index (χ2v) is 9.28. The van der Waals surface area contributed by atoms with Crippen molar-refractivity contribution in [2.75, 3.05) is 39.5 Å². The summed E-state index contributed by atoms with van der Waals surface area (Å²) in [5.41, 5.74) is 4.00. The number of hydrogen-bond donors (Lipinski definition) is 0. The molecule has 0 atom stereocenters. The molecule has 0 saturated carbocycles. The predicted molar refractivity (Wildman–Crippen MR) is 123 cm³/mol. The Labute approximate surface area is 186 Å². The molecule has 3 heterocycles. The second-order valence-electron chi connectivity index (χ2n) is 7.06. The summed E-state index contributed by atoms with van der Waals surface area (Å²) in [6.45, 7) is 6.15. The van der Waals surface area contributed by atoms with E-state index in [9.17, 15) is 0 Å². The Bertz CT molecular complexity index is 906. The normalized spacial score (nSPS) is 15.6. The highest BCUT2D eigenvalue weighted by Gasteiger charge is 2.22. The van der Waals surface area contributed by atoms with Gasteiger partial charge in [-0.25, -0.2) is 0 Å². The molecule has 1 fully saturated rings. The predicted octanol–water partition coefficient (Wildman–Crippen LogP) is 5.82. The molecule has 3 nitrogen and oxygen atoms in total. The van der Waals surface area contributed by atoms with Crippen molar-refractivity contribution in [1.82, 2.24) is 4.90 Å². The molecule has 0 radical (unpaired) electrons. The highest BCUT2D eigenvalue weighted by atomic mass is 35.5. The molecular formula is C23H24ClNO2S2. The molecule has 29 heavy (non-hydrogen) atoms. The van der Waals surface area contributed by atoms with Crippen LogP contribution in [0.2, 0.25) is 0 Å². The first-order valence-corrected chi connectivity index (χ1v) is 11.4. The zero-order valence-electron chi connectivity index (χ0n) is 16.1. The van der Waals surface area contributed by atoms with Crippen molar-refractivity contribution < 1.29 is 9.47 Å². The third kappa shape index (κ3) is 4.55. The van der Waals surface area contributed by atoms with E-state index in [1.165, 1.54) is 36.2 Å². The number of hydrogen-bond acceptors (Lipinski definition) is 5. The average molecular weight is 446 g/mol. The van der Waals surface area contributed by atoms with Crippen LogP contribution in [0.15, 0.2) is 64.4 Å². The van der Waals surface area contributed by atoms with Crippen molar-refractivity contribution in [3.63, 3.8) is 0 Å². The summed E-state index contributed by atoms with van der Waals surface area (Å²) in [6.07, 6.45) is 0. The molecule has 1 saturated heterocycles. The van der Waals surface area contributed by atoms with Crippen molar-refractivity contribution in [3.05, 3.63) is 59.5 Å². The van der Waals surface area contributed by atoms with Crippen LogP contribution in [-0.2, 0) is 16.1 Å². The number of rotatable bonds is 5. The first-order valence-electron chi connectivity index (χ1n) is 9.76. The summed E-state index contributed by atoms with van der Waals surface area (Å²) >= 11 is 3.74. The lowest BCUT2D eigenvalue weighted by molar-refractivity contribution is 0.0183. The van der Waals surface area contributed by atoms with E-state index in [2.05, 4.69) is 59.5 Å². The van der Waals surface area contributed by atoms with Gasteiger partial charge in [-0.2, -0.15) is 0 Å². The van der Waals surface area contributed by atoms with E-state index >= 15 is 0 Å². The Kier molecular flexibility index (Phi) is 6.96. The Balaban J connectivity index is 0.00000205. The number of ether oxygens (including phenoxy) is 2. The van der Waals surface area contributed by atoms with Crippen LogP contribution < -0.4 is 0 Å². The monoisotopic (exact) mass is 445 g/mol. The zero-order valence-corrected chi connectivity index (χ0v) is 18.6. The second kappa shape index (κ2) is 9.65. The van der Waals surface area contributed by atoms with Crippen LogP contribution in [0, 0.1) is 0 Å². The Morgan fingerprint density at radius 1 is 0.897 bits per heavy atom. The third-order valence-electron chi connectivity index (χ3n) is 5.21. The third-order valence-corrected chi connectivity index (χ3v) is 7.51. The summed E-state index contributed by atoms with van der Waals surface area (Å²) in [7, 11) is 0. The van der Waals surface area contributed by atoms with E-state index < -0.39 is 0 Å². The van der Waals surface area contributed by atoms with Gasteiger partial charge in [-0.15, -0.1) is 23.7 Å². The largest absolute Gasteiger partial charge is 0.379 e. The maximum atomic E-state index is 6.03. The minimum Gasteiger partial charge on any atom is -0.379 e. The molecule has 6 heteroatoms. The van der Waals surface area contributed by atoms with Crippen molar-refractivity contribution in [2.24, 2.45) is 0 Å². The molecule has 0 aliphatic carbocycles. The fourth-order valence-electron chi connectivity index (χ4n) is 3.74. The number of fused-ring (bicyclic) bond motifs is 5. The van der Waals surface area contributed by atoms with E-state index in [1.807, 2.05) is 23.1 Å². The highest BCUT2D eigenvalue weighted by Crippen LogP contribution is 2.50. The molecule has 0 spiro atoms. The van der Waals surface area contributed by atoms with Crippen LogP contribution in [0.25, 0.3) is 21.6 Å². The fraction of sp³-hybridized carbons (Fsp3) is 0.304. The molecule has 2 aliphatic rings. The summed E-state index contributed by atoms with van der Waals surface area (Å²) in [6, 6.07) is 19.8. The van der Waals surface area contributed by atoms with Crippen LogP contribution in [-0.4, -0.2) is 44.4 Å². The fourth-order valence-corrected chi connectivity index (χ4v) is 6.06. The quantitative estimate of drug-likeness (QED) is 0.361. The average Bonchev–Trinajstić information content (AvgIpc) is 3.11. The topological polar surface area (TPSA) is 21.7 Å². The Hall–Kier alpha value is -1.34. The van der Waals surface area contributed by atoms with Gasteiger partial charge in [0.15, 0.2) is 0 Å². The zero-order chi connectivity index (χ0) is 18.8. The van der Waals surface area contributed by atoms with Crippen molar-refractivity contribution >= 4 is 35.5 Å². The van der Waals surface area contributed by atoms with E-state index in [1.54, 1.807) is 0 Å². The Morgan fingerprint density at radius 2 is 1.59 bits per heavy atom. The first kappa shape index (κ1) is 20.9. The smallest absolute Gasteiger partial charge is 0.0810 e. The van der Waals surface area contributed by atoms with Crippen LogP contribution in [0.3, 0.4) is 0 Å². The summed E-state index contributed by atoms with van der Waals surface area (Å²) < 4.78 is 11.4. The molecule has 2 aliphatic heterocycles. The van der Waals surface area contributed by atoms with E-state index in [0.29, 0.717) is 6.61 Å². The maximum absolute atomic E-state index is 6.03. The first-order chi connectivity index (χ1) is 13.9. The maximum Gasteiger partial charge on any atom is 0.0810 e. The van der Waals surface area contributed by atoms with Crippen molar-refractivity contribution in [3.8, 4) is 21.6 Å². The van der Waals surface area contributed by atoms with E-state index in [0.717, 1.165) is 39.5 Å². The molecule has 5 rings (SSSR count). The van der Waals surface area contributed by atoms with Gasteiger partial charge >= 0.3 is 0 Å². The summed E-state index contributed by atoms with van der Waals surface area (Å²) in [5.74, 6) is 0. The standard InChI is InChI=1S/C23H23NO2S2.ClH/c1-3-7-21-18(5-1)20-15-17(16-26-14-11-24-9-12-25-13-10-24)27-23(20)19-6-2-4-8-22(19)28-21;/h1-8,15H,9-14,16H2;1H. The SMILES string of the molecule is Cl.c1ccc2c(c1)Sc1ccccc1-c1sc(COCCN3CCOCC3)cc1-2. The van der Waals surface area contributed by atoms with Gasteiger partial charge in [0.2, 0.25) is 0 Å². The van der Waals surface area contributed by atoms with E-state index in [4.69, 9.17) is 9.47 Å². The molecule has 0 unspecified atom stereocenters. The minimum atomic E-state index is 0. The van der Waals surface area contributed by atoms with Gasteiger partial charge in [-0.1, -0.05) is 48.2 Å². The number of thiophene rings is 1. The summed E-state index contributed by atoms with van der Waals surface area (Å²) in [4.78, 5) is 7.72. The number of benzene rings is 2. The van der Waals surface area contributed by atoms with Gasteiger partial charge in [-0.3, -0.25) is 4.90 Å². The molecule has 0 amide bonds. The van der Waals surface area contributed by atoms with Gasteiger partial charge in [0.1, 0.15) is 0 Å². The van der Waals surface area contributed by atoms with Crippen LogP contribution >= 0.6 is 35.5 Å². The van der Waals surface area contributed by atoms with Crippen LogP contribution in [0.5, 0.6) is 0 Å². The van der Waals surface area contributed by atoms with Gasteiger partial charge in [0.05, 0.1) is 26.4 Å². The van der Waals surface area contributed by atoms with Gasteiger partial charge in [0, 0.05) is 50.3 Å². The molecule has 0 N–H and O–H groups in total.